The van der Waals surface area contributed by atoms with E-state index in [2.05, 4.69) is 18.3 Å². The predicted octanol–water partition coefficient (Wildman–Crippen LogP) is 5.46. The molecule has 1 fully saturated rings. The highest BCUT2D eigenvalue weighted by atomic mass is 35.5. The number of halogens is 1. The summed E-state index contributed by atoms with van der Waals surface area (Å²) in [5.41, 5.74) is 2.71. The van der Waals surface area contributed by atoms with Gasteiger partial charge in [0.15, 0.2) is 5.11 Å². The average molecular weight is 556 g/mol. The maximum Gasteiger partial charge on any atom is 0.338 e. The Morgan fingerprint density at radius 1 is 1.11 bits per heavy atom. The van der Waals surface area contributed by atoms with Crippen molar-refractivity contribution in [3.63, 3.8) is 0 Å². The van der Waals surface area contributed by atoms with E-state index in [0.29, 0.717) is 40.0 Å². The highest BCUT2D eigenvalue weighted by Crippen LogP contribution is 2.29. The van der Waals surface area contributed by atoms with Crippen LogP contribution in [0.5, 0.6) is 0 Å². The molecular weight excluding hydrogens is 530 g/mol. The molecule has 37 heavy (non-hydrogen) atoms. The van der Waals surface area contributed by atoms with Gasteiger partial charge in [-0.25, -0.2) is 4.79 Å². The van der Waals surface area contributed by atoms with Crippen LogP contribution in [-0.4, -0.2) is 47.0 Å². The molecule has 1 N–H and O–H groups in total. The van der Waals surface area contributed by atoms with Crippen LogP contribution in [-0.2, 0) is 20.7 Å². The van der Waals surface area contributed by atoms with Crippen molar-refractivity contribution in [2.45, 2.75) is 32.7 Å². The smallest absolute Gasteiger partial charge is 0.338 e. The fourth-order valence-corrected chi connectivity index (χ4v) is 5.53. The number of thiophene rings is 1. The van der Waals surface area contributed by atoms with Crippen LogP contribution >= 0.6 is 35.2 Å². The topological polar surface area (TPSA) is 78.9 Å². The van der Waals surface area contributed by atoms with Gasteiger partial charge >= 0.3 is 5.97 Å². The molecule has 1 atom stereocenters. The number of hydrogen-bond acceptors (Lipinski definition) is 6. The van der Waals surface area contributed by atoms with Gasteiger partial charge in [-0.05, 0) is 98.0 Å². The second kappa shape index (κ2) is 11.9. The van der Waals surface area contributed by atoms with E-state index < -0.39 is 12.0 Å². The van der Waals surface area contributed by atoms with Crippen LogP contribution in [0.1, 0.15) is 34.1 Å². The molecular formula is C27H26ClN3O4S2. The lowest BCUT2D eigenvalue weighted by atomic mass is 10.1. The van der Waals surface area contributed by atoms with Crippen LogP contribution in [0.3, 0.4) is 0 Å². The van der Waals surface area contributed by atoms with E-state index in [1.54, 1.807) is 66.8 Å². The molecule has 0 radical (unpaired) electrons. The van der Waals surface area contributed by atoms with Crippen LogP contribution in [0, 0.1) is 6.92 Å². The minimum atomic E-state index is -0.748. The summed E-state index contributed by atoms with van der Waals surface area (Å²) in [4.78, 5) is 42.9. The Morgan fingerprint density at radius 3 is 2.43 bits per heavy atom. The van der Waals surface area contributed by atoms with Crippen LogP contribution in [0.2, 0.25) is 5.02 Å². The Morgan fingerprint density at radius 2 is 1.81 bits per heavy atom. The lowest BCUT2D eigenvalue weighted by Gasteiger charge is -2.24. The molecule has 1 aliphatic rings. The van der Waals surface area contributed by atoms with Crippen LogP contribution in [0.25, 0.3) is 0 Å². The second-order valence-electron chi connectivity index (χ2n) is 8.47. The number of benzene rings is 2. The van der Waals surface area contributed by atoms with E-state index >= 15 is 0 Å². The first-order valence-electron chi connectivity index (χ1n) is 11.8. The molecule has 1 aliphatic heterocycles. The van der Waals surface area contributed by atoms with Crippen molar-refractivity contribution >= 4 is 69.4 Å². The van der Waals surface area contributed by atoms with Crippen molar-refractivity contribution in [3.8, 4) is 0 Å². The van der Waals surface area contributed by atoms with E-state index in [9.17, 15) is 14.4 Å². The summed E-state index contributed by atoms with van der Waals surface area (Å²) < 4.78 is 4.99. The van der Waals surface area contributed by atoms with Crippen molar-refractivity contribution in [1.82, 2.24) is 4.90 Å². The normalized spacial score (nSPS) is 15.3. The number of thiocarbonyl (C=S) groups is 1. The van der Waals surface area contributed by atoms with E-state index in [-0.39, 0.29) is 24.8 Å². The fourth-order valence-electron chi connectivity index (χ4n) is 4.09. The SMILES string of the molecule is CCOC(=O)c1ccc(NC(=O)CC2C(=O)N(c3ccc(Cl)cc3)C(=S)N2CCc2sccc2C)cc1. The minimum Gasteiger partial charge on any atom is -0.462 e. The fraction of sp³-hybridized carbons (Fsp3) is 0.259. The summed E-state index contributed by atoms with van der Waals surface area (Å²) in [5, 5.41) is 5.77. The number of aryl methyl sites for hydroxylation is 1. The first-order valence-corrected chi connectivity index (χ1v) is 13.4. The minimum absolute atomic E-state index is 0.0773. The molecule has 0 aliphatic carbocycles. The molecule has 1 aromatic heterocycles. The lowest BCUT2D eigenvalue weighted by Crippen LogP contribution is -2.39. The molecule has 0 spiro atoms. The molecule has 1 unspecified atom stereocenters. The number of ether oxygens (including phenoxy) is 1. The molecule has 2 amide bonds. The van der Waals surface area contributed by atoms with Crippen LogP contribution < -0.4 is 10.2 Å². The Bertz CT molecular complexity index is 1310. The van der Waals surface area contributed by atoms with Gasteiger partial charge in [-0.3, -0.25) is 14.5 Å². The van der Waals surface area contributed by atoms with Crippen LogP contribution in [0.4, 0.5) is 11.4 Å². The highest BCUT2D eigenvalue weighted by Gasteiger charge is 2.44. The standard InChI is InChI=1S/C27H26ClN3O4S2/c1-3-35-26(34)18-4-8-20(9-5-18)29-24(32)16-22-25(33)31(21-10-6-19(28)7-11-21)27(36)30(22)14-12-23-17(2)13-15-37-23/h4-11,13,15,22H,3,12,14,16H2,1-2H3,(H,29,32). The quantitative estimate of drug-likeness (QED) is 0.279. The number of carbonyl (C=O) groups excluding carboxylic acids is 3. The molecule has 1 saturated heterocycles. The van der Waals surface area contributed by atoms with E-state index in [1.807, 2.05) is 10.3 Å². The van der Waals surface area contributed by atoms with Crippen molar-refractivity contribution in [2.24, 2.45) is 0 Å². The monoisotopic (exact) mass is 555 g/mol. The lowest BCUT2D eigenvalue weighted by molar-refractivity contribution is -0.124. The largest absolute Gasteiger partial charge is 0.462 e. The first kappa shape index (κ1) is 26.8. The van der Waals surface area contributed by atoms with Crippen LogP contribution in [0.15, 0.2) is 60.0 Å². The number of hydrogen-bond donors (Lipinski definition) is 1. The first-order chi connectivity index (χ1) is 17.8. The molecule has 0 bridgehead atoms. The van der Waals surface area contributed by atoms with Gasteiger partial charge in [0.2, 0.25) is 5.91 Å². The number of rotatable bonds is 9. The van der Waals surface area contributed by atoms with Gasteiger partial charge in [0, 0.05) is 22.1 Å². The van der Waals surface area contributed by atoms with Gasteiger partial charge in [0.1, 0.15) is 6.04 Å². The molecule has 4 rings (SSSR count). The summed E-state index contributed by atoms with van der Waals surface area (Å²) in [5.74, 6) is -1.02. The van der Waals surface area contributed by atoms with Crippen molar-refractivity contribution in [3.05, 3.63) is 81.0 Å². The third-order valence-corrected chi connectivity index (χ3v) is 7.76. The number of amides is 2. The zero-order valence-electron chi connectivity index (χ0n) is 20.4. The third-order valence-electron chi connectivity index (χ3n) is 6.01. The average Bonchev–Trinajstić information content (AvgIpc) is 3.38. The summed E-state index contributed by atoms with van der Waals surface area (Å²) in [6.07, 6.45) is 0.630. The van der Waals surface area contributed by atoms with E-state index in [0.717, 1.165) is 0 Å². The Kier molecular flexibility index (Phi) is 8.58. The zero-order chi connectivity index (χ0) is 26.5. The summed E-state index contributed by atoms with van der Waals surface area (Å²) in [6.45, 7) is 4.57. The Hall–Kier alpha value is -3.27. The maximum absolute atomic E-state index is 13.5. The summed E-state index contributed by atoms with van der Waals surface area (Å²) in [6, 6.07) is 14.6. The summed E-state index contributed by atoms with van der Waals surface area (Å²) in [7, 11) is 0. The number of nitrogens with one attached hydrogen (secondary N) is 1. The molecule has 192 valence electrons. The number of esters is 1. The highest BCUT2D eigenvalue weighted by molar-refractivity contribution is 7.80. The number of nitrogens with zero attached hydrogens (tertiary/aromatic N) is 2. The third kappa shape index (κ3) is 6.18. The zero-order valence-corrected chi connectivity index (χ0v) is 22.8. The van der Waals surface area contributed by atoms with Gasteiger partial charge in [-0.15, -0.1) is 11.3 Å². The maximum atomic E-state index is 13.5. The van der Waals surface area contributed by atoms with Crippen molar-refractivity contribution in [1.29, 1.82) is 0 Å². The molecule has 3 aromatic rings. The molecule has 7 nitrogen and oxygen atoms in total. The Labute approximate surface area is 230 Å². The molecule has 0 saturated carbocycles. The van der Waals surface area contributed by atoms with Gasteiger partial charge in [0.25, 0.3) is 5.91 Å². The number of carbonyl (C=O) groups is 3. The van der Waals surface area contributed by atoms with E-state index in [1.165, 1.54) is 15.3 Å². The van der Waals surface area contributed by atoms with Gasteiger partial charge in [-0.1, -0.05) is 11.6 Å². The summed E-state index contributed by atoms with van der Waals surface area (Å²) >= 11 is 13.4. The van der Waals surface area contributed by atoms with E-state index in [4.69, 9.17) is 28.6 Å². The van der Waals surface area contributed by atoms with Gasteiger partial charge in [-0.2, -0.15) is 0 Å². The molecule has 10 heteroatoms. The van der Waals surface area contributed by atoms with Gasteiger partial charge in [0.05, 0.1) is 24.3 Å². The Balaban J connectivity index is 1.51. The predicted molar refractivity (Wildman–Crippen MR) is 150 cm³/mol. The van der Waals surface area contributed by atoms with Gasteiger partial charge < -0.3 is 15.0 Å². The van der Waals surface area contributed by atoms with Crippen molar-refractivity contribution in [2.75, 3.05) is 23.4 Å². The second-order valence-corrected chi connectivity index (χ2v) is 10.3. The number of anilines is 2. The van der Waals surface area contributed by atoms with Crippen molar-refractivity contribution < 1.29 is 19.1 Å². The molecule has 2 heterocycles. The molecule has 2 aromatic carbocycles.